The molecule has 9 rings (SSSR count). The first kappa shape index (κ1) is 35.0. The van der Waals surface area contributed by atoms with E-state index < -0.39 is 0 Å². The zero-order chi connectivity index (χ0) is 34.4. The number of hydrogen-bond donors (Lipinski definition) is 0. The van der Waals surface area contributed by atoms with E-state index >= 15 is 0 Å². The molecule has 0 amide bonds. The van der Waals surface area contributed by atoms with E-state index in [0.717, 1.165) is 52.2 Å². The van der Waals surface area contributed by atoms with Gasteiger partial charge < -0.3 is 9.55 Å². The van der Waals surface area contributed by atoms with Crippen molar-refractivity contribution in [3.05, 3.63) is 187 Å². The molecule has 0 aliphatic carbocycles. The predicted molar refractivity (Wildman–Crippen MR) is 214 cm³/mol. The second-order valence-corrected chi connectivity index (χ2v) is 13.2. The Kier molecular flexibility index (Phi) is 10.9. The van der Waals surface area contributed by atoms with E-state index in [1.165, 1.54) is 37.9 Å². The summed E-state index contributed by atoms with van der Waals surface area (Å²) in [7, 11) is 0. The number of hydrogen-bond acceptors (Lipinski definition) is 3. The van der Waals surface area contributed by atoms with Crippen LogP contribution in [0.3, 0.4) is 0 Å². The van der Waals surface area contributed by atoms with Crippen molar-refractivity contribution in [2.45, 2.75) is 19.8 Å². The van der Waals surface area contributed by atoms with Crippen LogP contribution in [0.5, 0.6) is 0 Å². The van der Waals surface area contributed by atoms with Crippen LogP contribution in [0.25, 0.3) is 71.7 Å². The monoisotopic (exact) mass is 866 g/mol. The van der Waals surface area contributed by atoms with Crippen LogP contribution in [0.1, 0.15) is 18.9 Å². The van der Waals surface area contributed by atoms with Crippen molar-refractivity contribution in [1.82, 2.24) is 14.5 Å². The average Bonchev–Trinajstić information content (AvgIpc) is 3.80. The van der Waals surface area contributed by atoms with Crippen molar-refractivity contribution in [2.24, 2.45) is 0 Å². The zero-order valence-electron chi connectivity index (χ0n) is 28.7. The van der Waals surface area contributed by atoms with Gasteiger partial charge in [0.15, 0.2) is 0 Å². The minimum atomic E-state index is 0. The summed E-state index contributed by atoms with van der Waals surface area (Å²) in [6, 6.07) is 60.1. The number of pyridine rings is 1. The van der Waals surface area contributed by atoms with Crippen LogP contribution >= 0.6 is 11.3 Å². The Balaban J connectivity index is 0.000000275. The predicted octanol–water partition coefficient (Wildman–Crippen LogP) is 12.5. The molecule has 3 nitrogen and oxygen atoms in total. The molecule has 0 unspecified atom stereocenters. The van der Waals surface area contributed by atoms with Gasteiger partial charge >= 0.3 is 0 Å². The Morgan fingerprint density at radius 1 is 0.673 bits per heavy atom. The van der Waals surface area contributed by atoms with E-state index in [1.54, 1.807) is 17.5 Å². The topological polar surface area (TPSA) is 30.7 Å². The number of rotatable bonds is 7. The second kappa shape index (κ2) is 16.3. The zero-order valence-corrected chi connectivity index (χ0v) is 31.9. The summed E-state index contributed by atoms with van der Waals surface area (Å²) in [4.78, 5) is 9.48. The fourth-order valence-corrected chi connectivity index (χ4v) is 7.43. The van der Waals surface area contributed by atoms with Crippen LogP contribution in [0, 0.1) is 11.4 Å². The van der Waals surface area contributed by atoms with Gasteiger partial charge in [-0.15, -0.1) is 47.3 Å². The first-order valence-electron chi connectivity index (χ1n) is 17.3. The van der Waals surface area contributed by atoms with Crippen molar-refractivity contribution in [1.29, 1.82) is 0 Å². The maximum Gasteiger partial charge on any atom is 0.0774 e. The molecular formula is C47H35IrN3S-2. The maximum absolute atomic E-state index is 5.27. The van der Waals surface area contributed by atoms with Crippen molar-refractivity contribution >= 4 is 32.5 Å². The third-order valence-corrected chi connectivity index (χ3v) is 9.86. The molecule has 0 fully saturated rings. The SMILES string of the molecule is CCCc1ccc2s[c-]c(-c3nc4ccccc4n3-c3c(-c4ccccc4)cccc3-c3ccccc3)c2c1.[Ir].[c-]1ccccc1-c1ccccn1. The Morgan fingerprint density at radius 3 is 2.04 bits per heavy atom. The van der Waals surface area contributed by atoms with E-state index in [2.05, 4.69) is 149 Å². The molecule has 5 heteroatoms. The number of benzene rings is 6. The number of fused-ring (bicyclic) bond motifs is 2. The van der Waals surface area contributed by atoms with Crippen molar-refractivity contribution in [3.63, 3.8) is 0 Å². The van der Waals surface area contributed by atoms with E-state index in [1.807, 2.05) is 42.5 Å². The molecule has 52 heavy (non-hydrogen) atoms. The molecule has 1 radical (unpaired) electrons. The van der Waals surface area contributed by atoms with Crippen molar-refractivity contribution < 1.29 is 20.1 Å². The quantitative estimate of drug-likeness (QED) is 0.149. The molecule has 3 aromatic heterocycles. The van der Waals surface area contributed by atoms with Gasteiger partial charge in [-0.2, -0.15) is 0 Å². The molecule has 0 N–H and O–H groups in total. The molecule has 9 aromatic rings. The number of thiophene rings is 1. The van der Waals surface area contributed by atoms with Gasteiger partial charge in [-0.3, -0.25) is 16.3 Å². The molecule has 255 valence electrons. The average molecular weight is 866 g/mol. The van der Waals surface area contributed by atoms with Gasteiger partial charge in [0.05, 0.1) is 22.5 Å². The molecule has 0 atom stereocenters. The van der Waals surface area contributed by atoms with E-state index in [4.69, 9.17) is 4.98 Å². The molecule has 6 aromatic carbocycles. The first-order chi connectivity index (χ1) is 25.3. The van der Waals surface area contributed by atoms with Crippen LogP contribution in [-0.4, -0.2) is 14.5 Å². The Bertz CT molecular complexity index is 2430. The summed E-state index contributed by atoms with van der Waals surface area (Å²) >= 11 is 1.67. The molecule has 3 heterocycles. The third kappa shape index (κ3) is 7.17. The number of aromatic nitrogens is 3. The molecule has 0 bridgehead atoms. The molecular weight excluding hydrogens is 831 g/mol. The van der Waals surface area contributed by atoms with Crippen molar-refractivity contribution in [3.8, 4) is 50.6 Å². The fourth-order valence-electron chi connectivity index (χ4n) is 6.61. The Morgan fingerprint density at radius 2 is 1.37 bits per heavy atom. The molecule has 0 aliphatic rings. The maximum atomic E-state index is 5.27. The third-order valence-electron chi connectivity index (χ3n) is 8.98. The van der Waals surface area contributed by atoms with Gasteiger partial charge in [0.25, 0.3) is 0 Å². The Labute approximate surface area is 322 Å². The van der Waals surface area contributed by atoms with Gasteiger partial charge in [-0.25, -0.2) is 0 Å². The number of nitrogens with zero attached hydrogens (tertiary/aromatic N) is 3. The van der Waals surface area contributed by atoms with Gasteiger partial charge in [0, 0.05) is 37.4 Å². The van der Waals surface area contributed by atoms with Gasteiger partial charge in [0.1, 0.15) is 0 Å². The number of aryl methyl sites for hydroxylation is 1. The van der Waals surface area contributed by atoms with E-state index in [9.17, 15) is 0 Å². The summed E-state index contributed by atoms with van der Waals surface area (Å²) in [5, 5.41) is 4.87. The van der Waals surface area contributed by atoms with Gasteiger partial charge in [-0.1, -0.05) is 150 Å². The summed E-state index contributed by atoms with van der Waals surface area (Å²) in [5.41, 5.74) is 12.3. The van der Waals surface area contributed by atoms with E-state index in [-0.39, 0.29) is 20.1 Å². The van der Waals surface area contributed by atoms with Crippen LogP contribution in [0.15, 0.2) is 170 Å². The summed E-state index contributed by atoms with van der Waals surface area (Å²) in [6.07, 6.45) is 3.98. The summed E-state index contributed by atoms with van der Waals surface area (Å²) in [5.74, 6) is 0.927. The second-order valence-electron chi connectivity index (χ2n) is 12.3. The molecule has 0 saturated heterocycles. The van der Waals surface area contributed by atoms with Crippen LogP contribution in [-0.2, 0) is 26.5 Å². The van der Waals surface area contributed by atoms with Crippen LogP contribution < -0.4 is 0 Å². The van der Waals surface area contributed by atoms with Gasteiger partial charge in [0.2, 0.25) is 0 Å². The normalized spacial score (nSPS) is 10.8. The minimum Gasteiger partial charge on any atom is -0.332 e. The summed E-state index contributed by atoms with van der Waals surface area (Å²) in [6.45, 7) is 2.23. The smallest absolute Gasteiger partial charge is 0.0774 e. The van der Waals surface area contributed by atoms with E-state index in [0.29, 0.717) is 0 Å². The largest absolute Gasteiger partial charge is 0.332 e. The molecule has 0 saturated carbocycles. The summed E-state index contributed by atoms with van der Waals surface area (Å²) < 4.78 is 3.60. The van der Waals surface area contributed by atoms with Gasteiger partial charge in [-0.05, 0) is 41.4 Å². The fraction of sp³-hybridized carbons (Fsp3) is 0.0638. The molecule has 0 aliphatic heterocycles. The van der Waals surface area contributed by atoms with Crippen molar-refractivity contribution in [2.75, 3.05) is 0 Å². The number of para-hydroxylation sites is 3. The van der Waals surface area contributed by atoms with Crippen LogP contribution in [0.2, 0.25) is 0 Å². The standard InChI is InChI=1S/C36H27N2S.C11H8N.Ir/c1-2-12-25-21-22-34-30(23-25)31(24-39-34)36-37-32-19-9-10-20-33(32)38(36)35-28(26-13-5-3-6-14-26)17-11-18-29(35)27-15-7-4-8-16-27;1-2-6-10(7-3-1)11-8-4-5-9-12-11;/h3-11,13-23H,2,12H2,1H3;1-6,8-9H;/q2*-1;. The Hall–Kier alpha value is -5.45. The first-order valence-corrected chi connectivity index (χ1v) is 18.1. The van der Waals surface area contributed by atoms with Crippen LogP contribution in [0.4, 0.5) is 0 Å². The molecule has 0 spiro atoms. The minimum absolute atomic E-state index is 0. The number of imidazole rings is 1.